The first-order valence-electron chi connectivity index (χ1n) is 7.40. The largest absolute Gasteiger partial charge is 0.408 e. The summed E-state index contributed by atoms with van der Waals surface area (Å²) in [4.78, 5) is 16.3. The second kappa shape index (κ2) is 6.76. The van der Waals surface area contributed by atoms with Gasteiger partial charge in [0.25, 0.3) is 5.91 Å². The fourth-order valence-corrected chi connectivity index (χ4v) is 2.73. The second-order valence-electron chi connectivity index (χ2n) is 5.24. The summed E-state index contributed by atoms with van der Waals surface area (Å²) >= 11 is 11.9. The second-order valence-corrected chi connectivity index (χ2v) is 6.05. The highest BCUT2D eigenvalue weighted by molar-refractivity contribution is 6.42. The van der Waals surface area contributed by atoms with Gasteiger partial charge in [-0.25, -0.2) is 0 Å². The van der Waals surface area contributed by atoms with Gasteiger partial charge >= 0.3 is 6.01 Å². The van der Waals surface area contributed by atoms with Crippen LogP contribution >= 0.6 is 23.2 Å². The highest BCUT2D eigenvalue weighted by atomic mass is 35.5. The van der Waals surface area contributed by atoms with Crippen LogP contribution in [-0.2, 0) is 6.42 Å². The molecule has 0 aliphatic carbocycles. The lowest BCUT2D eigenvalue weighted by atomic mass is 10.2. The lowest BCUT2D eigenvalue weighted by Crippen LogP contribution is -2.49. The third-order valence-corrected chi connectivity index (χ3v) is 4.50. The summed E-state index contributed by atoms with van der Waals surface area (Å²) in [6, 6.07) is 5.44. The van der Waals surface area contributed by atoms with Crippen LogP contribution in [0.1, 0.15) is 23.2 Å². The number of nitrogens with zero attached hydrogens (tertiary/aromatic N) is 4. The first-order chi connectivity index (χ1) is 11.1. The molecule has 23 heavy (non-hydrogen) atoms. The van der Waals surface area contributed by atoms with Gasteiger partial charge in [0.1, 0.15) is 0 Å². The van der Waals surface area contributed by atoms with Crippen molar-refractivity contribution in [2.24, 2.45) is 0 Å². The van der Waals surface area contributed by atoms with Crippen molar-refractivity contribution in [1.82, 2.24) is 15.1 Å². The maximum atomic E-state index is 12.5. The molecule has 0 saturated carbocycles. The van der Waals surface area contributed by atoms with Gasteiger partial charge in [-0.2, -0.15) is 0 Å². The van der Waals surface area contributed by atoms with Gasteiger partial charge in [0.05, 0.1) is 10.0 Å². The highest BCUT2D eigenvalue weighted by Gasteiger charge is 2.25. The fraction of sp³-hybridized carbons (Fsp3) is 0.400. The van der Waals surface area contributed by atoms with Crippen LogP contribution < -0.4 is 4.90 Å². The number of carbonyl (C=O) groups is 1. The van der Waals surface area contributed by atoms with E-state index in [1.165, 1.54) is 0 Å². The van der Waals surface area contributed by atoms with Crippen molar-refractivity contribution in [3.63, 3.8) is 0 Å². The smallest absolute Gasteiger partial charge is 0.318 e. The van der Waals surface area contributed by atoms with Gasteiger partial charge < -0.3 is 14.2 Å². The lowest BCUT2D eigenvalue weighted by Gasteiger charge is -2.33. The van der Waals surface area contributed by atoms with E-state index in [-0.39, 0.29) is 5.91 Å². The minimum Gasteiger partial charge on any atom is -0.408 e. The number of aromatic nitrogens is 2. The molecule has 1 amide bonds. The van der Waals surface area contributed by atoms with Crippen molar-refractivity contribution >= 4 is 35.1 Å². The van der Waals surface area contributed by atoms with Crippen molar-refractivity contribution in [2.45, 2.75) is 13.3 Å². The number of hydrogen-bond acceptors (Lipinski definition) is 5. The van der Waals surface area contributed by atoms with Crippen molar-refractivity contribution in [3.05, 3.63) is 39.7 Å². The van der Waals surface area contributed by atoms with Crippen molar-refractivity contribution in [3.8, 4) is 0 Å². The van der Waals surface area contributed by atoms with Crippen LogP contribution in [0.15, 0.2) is 22.6 Å². The Bertz CT molecular complexity index is 711. The molecule has 1 aliphatic rings. The molecule has 0 spiro atoms. The zero-order valence-corrected chi connectivity index (χ0v) is 14.1. The summed E-state index contributed by atoms with van der Waals surface area (Å²) in [5, 5.41) is 8.82. The summed E-state index contributed by atoms with van der Waals surface area (Å²) < 4.78 is 5.55. The molecule has 2 aromatic rings. The van der Waals surface area contributed by atoms with E-state index >= 15 is 0 Å². The van der Waals surface area contributed by atoms with Crippen LogP contribution in [0.25, 0.3) is 0 Å². The molecule has 0 unspecified atom stereocenters. The Morgan fingerprint density at radius 3 is 2.52 bits per heavy atom. The van der Waals surface area contributed by atoms with Crippen molar-refractivity contribution in [2.75, 3.05) is 31.1 Å². The number of piperazine rings is 1. The number of amides is 1. The Kier molecular flexibility index (Phi) is 4.73. The molecule has 1 aliphatic heterocycles. The van der Waals surface area contributed by atoms with Gasteiger partial charge in [-0.1, -0.05) is 35.2 Å². The molecule has 0 atom stereocenters. The van der Waals surface area contributed by atoms with Crippen LogP contribution in [0.5, 0.6) is 0 Å². The molecule has 6 nitrogen and oxygen atoms in total. The molecular weight excluding hydrogens is 339 g/mol. The molecule has 0 radical (unpaired) electrons. The van der Waals surface area contributed by atoms with Crippen LogP contribution in [0, 0.1) is 0 Å². The van der Waals surface area contributed by atoms with E-state index in [1.807, 2.05) is 11.8 Å². The summed E-state index contributed by atoms with van der Waals surface area (Å²) in [6.45, 7) is 4.44. The van der Waals surface area contributed by atoms with E-state index in [0.717, 1.165) is 0 Å². The predicted octanol–water partition coefficient (Wildman–Crippen LogP) is 2.90. The number of carbonyl (C=O) groups excluding carboxylic acids is 1. The molecule has 2 heterocycles. The lowest BCUT2D eigenvalue weighted by molar-refractivity contribution is 0.0745. The van der Waals surface area contributed by atoms with Gasteiger partial charge in [-0.15, -0.1) is 5.10 Å². The Hall–Kier alpha value is -1.79. The van der Waals surface area contributed by atoms with Crippen molar-refractivity contribution < 1.29 is 9.21 Å². The first-order valence-corrected chi connectivity index (χ1v) is 8.15. The molecule has 122 valence electrons. The molecule has 1 fully saturated rings. The molecule has 1 saturated heterocycles. The highest BCUT2D eigenvalue weighted by Crippen LogP contribution is 2.24. The third-order valence-electron chi connectivity index (χ3n) is 3.76. The Balaban J connectivity index is 1.63. The number of rotatable bonds is 3. The molecule has 0 N–H and O–H groups in total. The molecular formula is C15H16Cl2N4O2. The zero-order valence-electron chi connectivity index (χ0n) is 12.6. The molecule has 3 rings (SSSR count). The zero-order chi connectivity index (χ0) is 16.4. The predicted molar refractivity (Wildman–Crippen MR) is 88.3 cm³/mol. The molecule has 1 aromatic heterocycles. The SMILES string of the molecule is CCc1nnc(N2CCN(C(=O)c3ccc(Cl)c(Cl)c3)CC2)o1. The monoisotopic (exact) mass is 354 g/mol. The van der Waals surface area contributed by atoms with Gasteiger partial charge in [0.2, 0.25) is 5.89 Å². The Morgan fingerprint density at radius 2 is 1.91 bits per heavy atom. The van der Waals surface area contributed by atoms with E-state index in [1.54, 1.807) is 23.1 Å². The van der Waals surface area contributed by atoms with E-state index < -0.39 is 0 Å². The first kappa shape index (κ1) is 16.1. The van der Waals surface area contributed by atoms with Gasteiger partial charge in [0.15, 0.2) is 0 Å². The van der Waals surface area contributed by atoms with E-state index in [4.69, 9.17) is 27.6 Å². The number of hydrogen-bond donors (Lipinski definition) is 0. The molecule has 0 bridgehead atoms. The third kappa shape index (κ3) is 3.43. The van der Waals surface area contributed by atoms with Crippen LogP contribution in [0.2, 0.25) is 10.0 Å². The minimum absolute atomic E-state index is 0.0528. The number of halogens is 2. The van der Waals surface area contributed by atoms with Crippen molar-refractivity contribution in [1.29, 1.82) is 0 Å². The topological polar surface area (TPSA) is 62.5 Å². The maximum absolute atomic E-state index is 12.5. The quantitative estimate of drug-likeness (QED) is 0.847. The van der Waals surface area contributed by atoms with Gasteiger partial charge in [0, 0.05) is 38.2 Å². The van der Waals surface area contributed by atoms with Crippen LogP contribution in [0.4, 0.5) is 6.01 Å². The van der Waals surface area contributed by atoms with E-state index in [9.17, 15) is 4.79 Å². The van der Waals surface area contributed by atoms with E-state index in [2.05, 4.69) is 10.2 Å². The Morgan fingerprint density at radius 1 is 1.17 bits per heavy atom. The summed E-state index contributed by atoms with van der Waals surface area (Å²) in [7, 11) is 0. The number of benzene rings is 1. The number of anilines is 1. The number of aryl methyl sites for hydroxylation is 1. The average molecular weight is 355 g/mol. The Labute approximate surface area is 144 Å². The summed E-state index contributed by atoms with van der Waals surface area (Å²) in [5.74, 6) is 0.567. The fourth-order valence-electron chi connectivity index (χ4n) is 2.43. The summed E-state index contributed by atoms with van der Waals surface area (Å²) in [6.07, 6.45) is 0.711. The molecule has 1 aromatic carbocycles. The average Bonchev–Trinajstić information content (AvgIpc) is 3.06. The summed E-state index contributed by atoms with van der Waals surface area (Å²) in [5.41, 5.74) is 0.541. The molecule has 8 heteroatoms. The standard InChI is InChI=1S/C15H16Cl2N4O2/c1-2-13-18-19-15(23-13)21-7-5-20(6-8-21)14(22)10-3-4-11(16)12(17)9-10/h3-4,9H,2,5-8H2,1H3. The van der Waals surface area contributed by atoms with Gasteiger partial charge in [-0.05, 0) is 18.2 Å². The normalized spacial score (nSPS) is 15.1. The maximum Gasteiger partial charge on any atom is 0.318 e. The van der Waals surface area contributed by atoms with Gasteiger partial charge in [-0.3, -0.25) is 4.79 Å². The minimum atomic E-state index is -0.0528. The van der Waals surface area contributed by atoms with E-state index in [0.29, 0.717) is 60.1 Å². The van der Waals surface area contributed by atoms with Crippen LogP contribution in [0.3, 0.4) is 0 Å². The van der Waals surface area contributed by atoms with Crippen LogP contribution in [-0.4, -0.2) is 47.2 Å².